The Bertz CT molecular complexity index is 305. The molecule has 0 aromatic carbocycles. The van der Waals surface area contributed by atoms with E-state index in [2.05, 4.69) is 5.32 Å². The predicted molar refractivity (Wildman–Crippen MR) is 68.4 cm³/mol. The molecule has 0 radical (unpaired) electrons. The Kier molecular flexibility index (Phi) is 6.70. The molecule has 0 aliphatic carbocycles. The summed E-state index contributed by atoms with van der Waals surface area (Å²) in [5, 5.41) is 2.87. The number of halogens is 3. The summed E-state index contributed by atoms with van der Waals surface area (Å²) in [5.41, 5.74) is 0. The van der Waals surface area contributed by atoms with Crippen LogP contribution in [0.25, 0.3) is 0 Å². The lowest BCUT2D eigenvalue weighted by Gasteiger charge is -2.36. The maximum absolute atomic E-state index is 12.3. The Labute approximate surface area is 117 Å². The summed E-state index contributed by atoms with van der Waals surface area (Å²) in [4.78, 5) is 15.0. The number of esters is 1. The molecule has 8 heteroatoms. The first-order chi connectivity index (χ1) is 9.35. The van der Waals surface area contributed by atoms with Crippen LogP contribution in [0.15, 0.2) is 0 Å². The van der Waals surface area contributed by atoms with Crippen molar-refractivity contribution in [2.75, 3.05) is 52.9 Å². The summed E-state index contributed by atoms with van der Waals surface area (Å²) in [6.45, 7) is 3.40. The lowest BCUT2D eigenvalue weighted by molar-refractivity contribution is -0.150. The number of ether oxygens (including phenoxy) is 1. The van der Waals surface area contributed by atoms with Gasteiger partial charge in [-0.25, -0.2) is 0 Å². The largest absolute Gasteiger partial charge is 0.465 e. The van der Waals surface area contributed by atoms with E-state index in [1.165, 1.54) is 4.90 Å². The maximum Gasteiger partial charge on any atom is 0.401 e. The number of hydrogen-bond acceptors (Lipinski definition) is 5. The van der Waals surface area contributed by atoms with Crippen LogP contribution in [0.3, 0.4) is 0 Å². The quantitative estimate of drug-likeness (QED) is 0.715. The average Bonchev–Trinajstić information content (AvgIpc) is 2.36. The van der Waals surface area contributed by atoms with Gasteiger partial charge in [-0.05, 0) is 14.0 Å². The molecule has 0 saturated carbocycles. The van der Waals surface area contributed by atoms with Crippen molar-refractivity contribution in [3.05, 3.63) is 0 Å². The van der Waals surface area contributed by atoms with Crippen LogP contribution >= 0.6 is 0 Å². The van der Waals surface area contributed by atoms with Crippen LogP contribution in [0.5, 0.6) is 0 Å². The molecular weight excluding hydrogens is 275 g/mol. The Morgan fingerprint density at radius 3 is 2.25 bits per heavy atom. The van der Waals surface area contributed by atoms with Gasteiger partial charge in [-0.2, -0.15) is 13.2 Å². The number of likely N-dealkylation sites (N-methyl/N-ethyl adjacent to an activating group) is 1. The second kappa shape index (κ2) is 7.80. The molecule has 1 fully saturated rings. The van der Waals surface area contributed by atoms with Gasteiger partial charge in [-0.15, -0.1) is 0 Å². The zero-order valence-corrected chi connectivity index (χ0v) is 11.9. The molecule has 0 aromatic rings. The zero-order chi connectivity index (χ0) is 15.2. The standard InChI is InChI=1S/C12H22F3N3O2/c1-3-20-11(19)10(16-2)8-17-4-6-18(7-5-17)9-12(13,14)15/h10,16H,3-9H2,1-2H3. The summed E-state index contributed by atoms with van der Waals surface area (Å²) >= 11 is 0. The van der Waals surface area contributed by atoms with E-state index in [-0.39, 0.29) is 5.97 Å². The Hall–Kier alpha value is -0.860. The molecule has 5 nitrogen and oxygen atoms in total. The van der Waals surface area contributed by atoms with Crippen molar-refractivity contribution in [2.24, 2.45) is 0 Å². The normalized spacial score (nSPS) is 19.9. The highest BCUT2D eigenvalue weighted by molar-refractivity contribution is 5.76. The number of carbonyl (C=O) groups excluding carboxylic acids is 1. The summed E-state index contributed by atoms with van der Waals surface area (Å²) in [5.74, 6) is -0.326. The first kappa shape index (κ1) is 17.2. The molecule has 1 N–H and O–H groups in total. The van der Waals surface area contributed by atoms with Gasteiger partial charge in [0, 0.05) is 32.7 Å². The average molecular weight is 297 g/mol. The highest BCUT2D eigenvalue weighted by Gasteiger charge is 2.32. The Balaban J connectivity index is 2.35. The van der Waals surface area contributed by atoms with Gasteiger partial charge in [0.15, 0.2) is 0 Å². The molecule has 1 unspecified atom stereocenters. The molecule has 0 aromatic heterocycles. The topological polar surface area (TPSA) is 44.8 Å². The second-order valence-corrected chi connectivity index (χ2v) is 4.79. The lowest BCUT2D eigenvalue weighted by Crippen LogP contribution is -2.53. The van der Waals surface area contributed by atoms with E-state index in [4.69, 9.17) is 4.74 Å². The molecule has 118 valence electrons. The molecule has 1 saturated heterocycles. The molecule has 1 heterocycles. The number of piperazine rings is 1. The van der Waals surface area contributed by atoms with Crippen LogP contribution in [0.1, 0.15) is 6.92 Å². The number of hydrogen-bond donors (Lipinski definition) is 1. The van der Waals surface area contributed by atoms with Gasteiger partial charge >= 0.3 is 12.1 Å². The van der Waals surface area contributed by atoms with E-state index in [0.29, 0.717) is 39.3 Å². The van der Waals surface area contributed by atoms with Crippen molar-refractivity contribution < 1.29 is 22.7 Å². The molecule has 1 aliphatic heterocycles. The molecular formula is C12H22F3N3O2. The third-order valence-electron chi connectivity index (χ3n) is 3.23. The number of carbonyl (C=O) groups is 1. The highest BCUT2D eigenvalue weighted by Crippen LogP contribution is 2.17. The van der Waals surface area contributed by atoms with Gasteiger partial charge < -0.3 is 10.1 Å². The molecule has 0 amide bonds. The minimum Gasteiger partial charge on any atom is -0.465 e. The number of rotatable bonds is 6. The summed E-state index contributed by atoms with van der Waals surface area (Å²) in [7, 11) is 1.67. The van der Waals surface area contributed by atoms with E-state index in [0.717, 1.165) is 0 Å². The van der Waals surface area contributed by atoms with Crippen molar-refractivity contribution in [2.45, 2.75) is 19.1 Å². The predicted octanol–water partition coefficient (Wildman–Crippen LogP) is 0.317. The van der Waals surface area contributed by atoms with E-state index < -0.39 is 18.8 Å². The first-order valence-corrected chi connectivity index (χ1v) is 6.71. The minimum absolute atomic E-state index is 0.316. The Morgan fingerprint density at radius 2 is 1.80 bits per heavy atom. The number of nitrogens with one attached hydrogen (secondary N) is 1. The third kappa shape index (κ3) is 6.06. The summed E-state index contributed by atoms with van der Waals surface area (Å²) < 4.78 is 41.7. The molecule has 20 heavy (non-hydrogen) atoms. The second-order valence-electron chi connectivity index (χ2n) is 4.79. The van der Waals surface area contributed by atoms with E-state index in [1.54, 1.807) is 14.0 Å². The van der Waals surface area contributed by atoms with Gasteiger partial charge in [-0.1, -0.05) is 0 Å². The van der Waals surface area contributed by atoms with Gasteiger partial charge in [0.1, 0.15) is 6.04 Å². The van der Waals surface area contributed by atoms with E-state index >= 15 is 0 Å². The van der Waals surface area contributed by atoms with Crippen LogP contribution in [-0.2, 0) is 9.53 Å². The van der Waals surface area contributed by atoms with Gasteiger partial charge in [0.25, 0.3) is 0 Å². The summed E-state index contributed by atoms with van der Waals surface area (Å²) in [6, 6.07) is -0.441. The fraction of sp³-hybridized carbons (Fsp3) is 0.917. The van der Waals surface area contributed by atoms with Crippen molar-refractivity contribution in [3.63, 3.8) is 0 Å². The van der Waals surface area contributed by atoms with Crippen LogP contribution in [0, 0.1) is 0 Å². The molecule has 0 spiro atoms. The van der Waals surface area contributed by atoms with Crippen LogP contribution < -0.4 is 5.32 Å². The molecule has 1 atom stereocenters. The minimum atomic E-state index is -4.15. The fourth-order valence-electron chi connectivity index (χ4n) is 2.17. The molecule has 1 aliphatic rings. The Morgan fingerprint density at radius 1 is 1.25 bits per heavy atom. The van der Waals surface area contributed by atoms with Crippen LogP contribution in [0.4, 0.5) is 13.2 Å². The highest BCUT2D eigenvalue weighted by atomic mass is 19.4. The molecule has 0 bridgehead atoms. The van der Waals surface area contributed by atoms with Gasteiger partial charge in [0.2, 0.25) is 0 Å². The van der Waals surface area contributed by atoms with Crippen LogP contribution in [0.2, 0.25) is 0 Å². The zero-order valence-electron chi connectivity index (χ0n) is 11.9. The third-order valence-corrected chi connectivity index (χ3v) is 3.23. The first-order valence-electron chi connectivity index (χ1n) is 6.71. The fourth-order valence-corrected chi connectivity index (χ4v) is 2.17. The van der Waals surface area contributed by atoms with Crippen molar-refractivity contribution in [3.8, 4) is 0 Å². The smallest absolute Gasteiger partial charge is 0.401 e. The van der Waals surface area contributed by atoms with E-state index in [1.807, 2.05) is 4.90 Å². The van der Waals surface area contributed by atoms with Crippen molar-refractivity contribution in [1.82, 2.24) is 15.1 Å². The lowest BCUT2D eigenvalue weighted by atomic mass is 10.2. The number of nitrogens with zero attached hydrogens (tertiary/aromatic N) is 2. The molecule has 1 rings (SSSR count). The number of alkyl halides is 3. The summed E-state index contributed by atoms with van der Waals surface area (Å²) in [6.07, 6.45) is -4.15. The van der Waals surface area contributed by atoms with E-state index in [9.17, 15) is 18.0 Å². The van der Waals surface area contributed by atoms with Gasteiger partial charge in [-0.3, -0.25) is 14.6 Å². The van der Waals surface area contributed by atoms with Crippen molar-refractivity contribution >= 4 is 5.97 Å². The van der Waals surface area contributed by atoms with Crippen LogP contribution in [-0.4, -0.2) is 80.9 Å². The monoisotopic (exact) mass is 297 g/mol. The SMILES string of the molecule is CCOC(=O)C(CN1CCN(CC(F)(F)F)CC1)NC. The van der Waals surface area contributed by atoms with Gasteiger partial charge in [0.05, 0.1) is 13.2 Å². The van der Waals surface area contributed by atoms with Crippen molar-refractivity contribution in [1.29, 1.82) is 0 Å². The maximum atomic E-state index is 12.3.